The lowest BCUT2D eigenvalue weighted by Crippen LogP contribution is -2.36. The Kier molecular flexibility index (Phi) is 4.47. The van der Waals surface area contributed by atoms with E-state index in [1.807, 2.05) is 53.0 Å². The highest BCUT2D eigenvalue weighted by atomic mass is 19.1. The summed E-state index contributed by atoms with van der Waals surface area (Å²) in [4.78, 5) is 15.5. The molecule has 0 N–H and O–H groups in total. The van der Waals surface area contributed by atoms with Crippen molar-refractivity contribution in [1.29, 1.82) is 0 Å². The average molecular weight is 400 g/mol. The predicted molar refractivity (Wildman–Crippen MR) is 112 cm³/mol. The number of amides is 1. The molecular weight excluding hydrogens is 379 g/mol. The van der Waals surface area contributed by atoms with Crippen molar-refractivity contribution in [2.75, 3.05) is 6.54 Å². The van der Waals surface area contributed by atoms with Gasteiger partial charge in [-0.3, -0.25) is 4.79 Å². The summed E-state index contributed by atoms with van der Waals surface area (Å²) in [6, 6.07) is 18.2. The van der Waals surface area contributed by atoms with Gasteiger partial charge in [0.25, 0.3) is 5.91 Å². The minimum absolute atomic E-state index is 0.0425. The fraction of sp³-hybridized carbons (Fsp3) is 0.167. The first-order valence-electron chi connectivity index (χ1n) is 9.97. The van der Waals surface area contributed by atoms with Crippen LogP contribution in [0, 0.1) is 12.7 Å². The molecule has 0 unspecified atom stereocenters. The third-order valence-electron chi connectivity index (χ3n) is 5.59. The molecule has 4 aromatic rings. The second-order valence-corrected chi connectivity index (χ2v) is 7.51. The Balaban J connectivity index is 1.60. The quantitative estimate of drug-likeness (QED) is 0.514. The van der Waals surface area contributed by atoms with Crippen LogP contribution in [0.5, 0.6) is 0 Å². The number of halogens is 1. The van der Waals surface area contributed by atoms with E-state index in [-0.39, 0.29) is 11.7 Å². The molecule has 0 spiro atoms. The monoisotopic (exact) mass is 400 g/mol. The van der Waals surface area contributed by atoms with Crippen LogP contribution in [0.2, 0.25) is 0 Å². The van der Waals surface area contributed by atoms with Crippen molar-refractivity contribution >= 4 is 5.91 Å². The summed E-state index contributed by atoms with van der Waals surface area (Å²) < 4.78 is 17.0. The van der Waals surface area contributed by atoms with E-state index < -0.39 is 0 Å². The van der Waals surface area contributed by atoms with Gasteiger partial charge in [-0.1, -0.05) is 24.3 Å². The summed E-state index contributed by atoms with van der Waals surface area (Å²) in [7, 11) is 0. The van der Waals surface area contributed by atoms with Gasteiger partial charge in [0.2, 0.25) is 0 Å². The van der Waals surface area contributed by atoms with Crippen LogP contribution in [0.1, 0.15) is 27.2 Å². The number of hydrogen-bond acceptors (Lipinski definition) is 2. The van der Waals surface area contributed by atoms with E-state index >= 15 is 0 Å². The number of carbonyl (C=O) groups is 1. The highest BCUT2D eigenvalue weighted by Gasteiger charge is 2.29. The van der Waals surface area contributed by atoms with Crippen LogP contribution in [0.4, 0.5) is 4.39 Å². The number of rotatable bonds is 3. The van der Waals surface area contributed by atoms with Gasteiger partial charge < -0.3 is 9.47 Å². The van der Waals surface area contributed by atoms with Gasteiger partial charge in [0.05, 0.1) is 11.4 Å². The molecule has 30 heavy (non-hydrogen) atoms. The number of aromatic nitrogens is 3. The zero-order valence-corrected chi connectivity index (χ0v) is 16.6. The zero-order chi connectivity index (χ0) is 20.7. The van der Waals surface area contributed by atoms with E-state index in [1.54, 1.807) is 16.8 Å². The van der Waals surface area contributed by atoms with Crippen molar-refractivity contribution < 1.29 is 9.18 Å². The molecule has 1 amide bonds. The maximum atomic E-state index is 13.6. The van der Waals surface area contributed by atoms with E-state index in [2.05, 4.69) is 17.2 Å². The lowest BCUT2D eigenvalue weighted by Gasteiger charge is -2.29. The van der Waals surface area contributed by atoms with Gasteiger partial charge in [0.1, 0.15) is 11.4 Å². The molecule has 1 aliphatic rings. The number of nitrogens with zero attached hydrogens (tertiary/aromatic N) is 4. The van der Waals surface area contributed by atoms with Crippen LogP contribution in [0.25, 0.3) is 11.5 Å². The maximum absolute atomic E-state index is 13.6. The van der Waals surface area contributed by atoms with E-state index in [0.717, 1.165) is 6.42 Å². The van der Waals surface area contributed by atoms with Gasteiger partial charge in [-0.05, 0) is 60.9 Å². The highest BCUT2D eigenvalue weighted by Crippen LogP contribution is 2.27. The minimum Gasteiger partial charge on any atom is -0.334 e. The van der Waals surface area contributed by atoms with Gasteiger partial charge in [0.15, 0.2) is 5.82 Å². The first-order valence-corrected chi connectivity index (χ1v) is 9.97. The highest BCUT2D eigenvalue weighted by molar-refractivity contribution is 5.98. The van der Waals surface area contributed by atoms with Crippen LogP contribution < -0.4 is 0 Å². The Labute approximate surface area is 174 Å². The molecule has 2 aromatic heterocycles. The van der Waals surface area contributed by atoms with Crippen molar-refractivity contribution in [2.45, 2.75) is 19.9 Å². The SMILES string of the molecule is Cc1nn(-c2ccc(F)cc2)c(-n2cccc2)c1C(=O)N1CCc2ccccc2C1. The lowest BCUT2D eigenvalue weighted by molar-refractivity contribution is 0.0734. The molecule has 0 aliphatic carbocycles. The van der Waals surface area contributed by atoms with Crippen LogP contribution in [0.3, 0.4) is 0 Å². The molecule has 150 valence electrons. The summed E-state index contributed by atoms with van der Waals surface area (Å²) in [5.41, 5.74) is 4.39. The van der Waals surface area contributed by atoms with E-state index in [9.17, 15) is 9.18 Å². The van der Waals surface area contributed by atoms with Crippen molar-refractivity contribution in [3.63, 3.8) is 0 Å². The molecule has 0 fully saturated rings. The van der Waals surface area contributed by atoms with Gasteiger partial charge in [0, 0.05) is 25.5 Å². The van der Waals surface area contributed by atoms with Crippen LogP contribution in [-0.2, 0) is 13.0 Å². The smallest absolute Gasteiger partial charge is 0.259 e. The first kappa shape index (κ1) is 18.4. The predicted octanol–water partition coefficient (Wildman–Crippen LogP) is 4.31. The molecule has 3 heterocycles. The summed E-state index contributed by atoms with van der Waals surface area (Å²) in [5, 5.41) is 4.65. The summed E-state index contributed by atoms with van der Waals surface area (Å²) in [6.07, 6.45) is 4.61. The zero-order valence-electron chi connectivity index (χ0n) is 16.6. The molecular formula is C24H21FN4O. The molecule has 2 aromatic carbocycles. The number of benzene rings is 2. The molecule has 0 radical (unpaired) electrons. The number of hydrogen-bond donors (Lipinski definition) is 0. The number of fused-ring (bicyclic) bond motifs is 1. The summed E-state index contributed by atoms with van der Waals surface area (Å²) in [6.45, 7) is 3.10. The van der Waals surface area contributed by atoms with Crippen molar-refractivity contribution in [3.8, 4) is 11.5 Å². The van der Waals surface area contributed by atoms with E-state index in [1.165, 1.54) is 23.3 Å². The van der Waals surface area contributed by atoms with Crippen LogP contribution in [-0.4, -0.2) is 31.7 Å². The maximum Gasteiger partial charge on any atom is 0.259 e. The summed E-state index contributed by atoms with van der Waals surface area (Å²) >= 11 is 0. The number of aryl methyl sites for hydroxylation is 1. The second-order valence-electron chi connectivity index (χ2n) is 7.51. The fourth-order valence-electron chi connectivity index (χ4n) is 4.07. The van der Waals surface area contributed by atoms with Crippen LogP contribution in [0.15, 0.2) is 73.1 Å². The molecule has 6 heteroatoms. The van der Waals surface area contributed by atoms with Crippen molar-refractivity contribution in [2.24, 2.45) is 0 Å². The topological polar surface area (TPSA) is 43.1 Å². The van der Waals surface area contributed by atoms with Crippen LogP contribution >= 0.6 is 0 Å². The Morgan fingerprint density at radius 1 is 0.967 bits per heavy atom. The third kappa shape index (κ3) is 3.10. The number of carbonyl (C=O) groups excluding carboxylic acids is 1. The molecule has 5 rings (SSSR count). The third-order valence-corrected chi connectivity index (χ3v) is 5.59. The van der Waals surface area contributed by atoms with E-state index in [0.29, 0.717) is 35.9 Å². The van der Waals surface area contributed by atoms with Gasteiger partial charge in [-0.2, -0.15) is 5.10 Å². The first-order chi connectivity index (χ1) is 14.6. The molecule has 1 aliphatic heterocycles. The summed E-state index contributed by atoms with van der Waals surface area (Å²) in [5.74, 6) is 0.306. The normalized spacial score (nSPS) is 13.3. The molecule has 0 saturated heterocycles. The second kappa shape index (κ2) is 7.30. The van der Waals surface area contributed by atoms with Gasteiger partial charge in [-0.25, -0.2) is 9.07 Å². The largest absolute Gasteiger partial charge is 0.334 e. The van der Waals surface area contributed by atoms with E-state index in [4.69, 9.17) is 0 Å². The average Bonchev–Trinajstić information content (AvgIpc) is 3.41. The Morgan fingerprint density at radius 2 is 1.67 bits per heavy atom. The molecule has 0 saturated carbocycles. The van der Waals surface area contributed by atoms with Crippen molar-refractivity contribution in [1.82, 2.24) is 19.2 Å². The Morgan fingerprint density at radius 3 is 2.40 bits per heavy atom. The van der Waals surface area contributed by atoms with Gasteiger partial charge in [-0.15, -0.1) is 0 Å². The van der Waals surface area contributed by atoms with Gasteiger partial charge >= 0.3 is 0 Å². The fourth-order valence-corrected chi connectivity index (χ4v) is 4.07. The molecule has 0 bridgehead atoms. The Hall–Kier alpha value is -3.67. The molecule has 5 nitrogen and oxygen atoms in total. The minimum atomic E-state index is -0.312. The van der Waals surface area contributed by atoms with Crippen molar-refractivity contribution in [3.05, 3.63) is 101 Å². The standard InChI is InChI=1S/C24H21FN4O/c1-17-22(24(30)28-15-12-18-6-2-3-7-19(18)16-28)23(27-13-4-5-14-27)29(26-17)21-10-8-20(25)9-11-21/h2-11,13-14H,12,15-16H2,1H3. The Bertz CT molecular complexity index is 1210. The molecule has 0 atom stereocenters. The lowest BCUT2D eigenvalue weighted by atomic mass is 9.99.